The van der Waals surface area contributed by atoms with E-state index in [9.17, 15) is 4.79 Å². The Labute approximate surface area is 167 Å². The number of amides is 2. The van der Waals surface area contributed by atoms with Gasteiger partial charge in [0.05, 0.1) is 10.2 Å². The molecular formula is C20H21ClN4OS. The van der Waals surface area contributed by atoms with Crippen molar-refractivity contribution in [2.24, 2.45) is 5.92 Å². The van der Waals surface area contributed by atoms with Crippen molar-refractivity contribution in [2.45, 2.75) is 12.8 Å². The first-order valence-electron chi connectivity index (χ1n) is 9.08. The first-order chi connectivity index (χ1) is 13.2. The number of urea groups is 1. The SMILES string of the molecule is O=C(NCC1CCN(c2nc3ccccc3s2)CC1)Nc1cccc(Cl)c1. The highest BCUT2D eigenvalue weighted by Crippen LogP contribution is 2.31. The number of carbonyl (C=O) groups excluding carboxylic acids is 1. The van der Waals surface area contributed by atoms with Gasteiger partial charge in [0.15, 0.2) is 5.13 Å². The average Bonchev–Trinajstić information content (AvgIpc) is 3.11. The van der Waals surface area contributed by atoms with E-state index in [-0.39, 0.29) is 6.03 Å². The summed E-state index contributed by atoms with van der Waals surface area (Å²) < 4.78 is 1.23. The van der Waals surface area contributed by atoms with Crippen molar-refractivity contribution in [3.05, 3.63) is 53.6 Å². The van der Waals surface area contributed by atoms with Crippen molar-refractivity contribution < 1.29 is 4.79 Å². The molecule has 1 fully saturated rings. The maximum atomic E-state index is 12.1. The number of fused-ring (bicyclic) bond motifs is 1. The van der Waals surface area contributed by atoms with Crippen LogP contribution in [0.5, 0.6) is 0 Å². The van der Waals surface area contributed by atoms with E-state index in [1.165, 1.54) is 4.70 Å². The third kappa shape index (κ3) is 4.51. The number of aromatic nitrogens is 1. The number of benzene rings is 2. The lowest BCUT2D eigenvalue weighted by Crippen LogP contribution is -2.39. The Morgan fingerprint density at radius 1 is 1.19 bits per heavy atom. The molecule has 1 aliphatic rings. The normalized spacial score (nSPS) is 15.1. The minimum Gasteiger partial charge on any atom is -0.348 e. The monoisotopic (exact) mass is 400 g/mol. The Kier molecular flexibility index (Phi) is 5.45. The summed E-state index contributed by atoms with van der Waals surface area (Å²) in [4.78, 5) is 19.2. The number of nitrogens with zero attached hydrogens (tertiary/aromatic N) is 2. The van der Waals surface area contributed by atoms with Crippen LogP contribution in [0.3, 0.4) is 0 Å². The van der Waals surface area contributed by atoms with Gasteiger partial charge >= 0.3 is 6.03 Å². The minimum absolute atomic E-state index is 0.189. The third-order valence-corrected chi connectivity index (χ3v) is 6.13. The summed E-state index contributed by atoms with van der Waals surface area (Å²) in [5.74, 6) is 0.487. The van der Waals surface area contributed by atoms with Gasteiger partial charge in [0.2, 0.25) is 0 Å². The zero-order valence-corrected chi connectivity index (χ0v) is 16.4. The fourth-order valence-electron chi connectivity index (χ4n) is 3.30. The smallest absolute Gasteiger partial charge is 0.319 e. The van der Waals surface area contributed by atoms with Crippen LogP contribution in [0, 0.1) is 5.92 Å². The minimum atomic E-state index is -0.189. The Bertz CT molecular complexity index is 903. The zero-order chi connectivity index (χ0) is 18.6. The van der Waals surface area contributed by atoms with Crippen LogP contribution < -0.4 is 15.5 Å². The first kappa shape index (κ1) is 18.1. The molecule has 0 aliphatic carbocycles. The van der Waals surface area contributed by atoms with E-state index < -0.39 is 0 Å². The van der Waals surface area contributed by atoms with Gasteiger partial charge in [0.25, 0.3) is 0 Å². The number of carbonyl (C=O) groups is 1. The van der Waals surface area contributed by atoms with E-state index >= 15 is 0 Å². The van der Waals surface area contributed by atoms with E-state index in [4.69, 9.17) is 16.6 Å². The molecule has 140 valence electrons. The van der Waals surface area contributed by atoms with Crippen molar-refractivity contribution in [3.8, 4) is 0 Å². The van der Waals surface area contributed by atoms with Crippen LogP contribution >= 0.6 is 22.9 Å². The second-order valence-electron chi connectivity index (χ2n) is 6.74. The number of thiazole rings is 1. The van der Waals surface area contributed by atoms with Crippen LogP contribution in [0.1, 0.15) is 12.8 Å². The van der Waals surface area contributed by atoms with Crippen LogP contribution in [-0.4, -0.2) is 30.6 Å². The van der Waals surface area contributed by atoms with Gasteiger partial charge in [-0.15, -0.1) is 0 Å². The number of nitrogens with one attached hydrogen (secondary N) is 2. The van der Waals surface area contributed by atoms with Gasteiger partial charge in [-0.1, -0.05) is 41.1 Å². The maximum Gasteiger partial charge on any atom is 0.319 e. The molecule has 7 heteroatoms. The molecule has 1 aromatic heterocycles. The quantitative estimate of drug-likeness (QED) is 0.648. The molecule has 27 heavy (non-hydrogen) atoms. The van der Waals surface area contributed by atoms with Gasteiger partial charge in [-0.3, -0.25) is 0 Å². The lowest BCUT2D eigenvalue weighted by atomic mass is 9.97. The molecule has 0 atom stereocenters. The van der Waals surface area contributed by atoms with Crippen LogP contribution in [-0.2, 0) is 0 Å². The molecule has 4 rings (SSSR count). The lowest BCUT2D eigenvalue weighted by Gasteiger charge is -2.31. The average molecular weight is 401 g/mol. The standard InChI is InChI=1S/C20H21ClN4OS/c21-15-4-3-5-16(12-15)23-19(26)22-13-14-8-10-25(11-9-14)20-24-17-6-1-2-7-18(17)27-20/h1-7,12,14H,8-11,13H2,(H2,22,23,26). The summed E-state index contributed by atoms with van der Waals surface area (Å²) >= 11 is 7.69. The molecule has 1 saturated heterocycles. The van der Waals surface area contributed by atoms with E-state index in [0.29, 0.717) is 23.2 Å². The van der Waals surface area contributed by atoms with Crippen molar-refractivity contribution >= 4 is 50.0 Å². The third-order valence-electron chi connectivity index (χ3n) is 4.80. The Balaban J connectivity index is 1.25. The number of halogens is 1. The lowest BCUT2D eigenvalue weighted by molar-refractivity contribution is 0.248. The highest BCUT2D eigenvalue weighted by Gasteiger charge is 2.22. The number of rotatable bonds is 4. The molecule has 5 nitrogen and oxygen atoms in total. The number of piperidine rings is 1. The van der Waals surface area contributed by atoms with Gasteiger partial charge in [-0.05, 0) is 49.1 Å². The molecule has 2 aromatic carbocycles. The maximum absolute atomic E-state index is 12.1. The van der Waals surface area contributed by atoms with E-state index in [1.807, 2.05) is 18.2 Å². The van der Waals surface area contributed by atoms with Crippen molar-refractivity contribution in [2.75, 3.05) is 29.9 Å². The number of hydrogen-bond acceptors (Lipinski definition) is 4. The molecular weight excluding hydrogens is 380 g/mol. The van der Waals surface area contributed by atoms with Gasteiger partial charge in [0.1, 0.15) is 0 Å². The molecule has 0 saturated carbocycles. The summed E-state index contributed by atoms with van der Waals surface area (Å²) in [6.07, 6.45) is 2.10. The van der Waals surface area contributed by atoms with Crippen LogP contribution in [0.15, 0.2) is 48.5 Å². The predicted molar refractivity (Wildman–Crippen MR) is 113 cm³/mol. The van der Waals surface area contributed by atoms with Gasteiger partial charge in [0, 0.05) is 30.3 Å². The largest absolute Gasteiger partial charge is 0.348 e. The molecule has 0 radical (unpaired) electrons. The summed E-state index contributed by atoms with van der Waals surface area (Å²) in [5, 5.41) is 7.50. The Hall–Kier alpha value is -2.31. The molecule has 1 aliphatic heterocycles. The second-order valence-corrected chi connectivity index (χ2v) is 8.19. The molecule has 2 heterocycles. The Morgan fingerprint density at radius 2 is 2.00 bits per heavy atom. The number of hydrogen-bond donors (Lipinski definition) is 2. The van der Waals surface area contributed by atoms with Crippen LogP contribution in [0.4, 0.5) is 15.6 Å². The Morgan fingerprint density at radius 3 is 2.78 bits per heavy atom. The molecule has 3 aromatic rings. The fourth-order valence-corrected chi connectivity index (χ4v) is 4.51. The summed E-state index contributed by atoms with van der Waals surface area (Å²) in [6, 6.07) is 15.2. The number of para-hydroxylation sites is 1. The van der Waals surface area contributed by atoms with Crippen molar-refractivity contribution in [1.82, 2.24) is 10.3 Å². The molecule has 2 N–H and O–H groups in total. The van der Waals surface area contributed by atoms with E-state index in [2.05, 4.69) is 33.7 Å². The highest BCUT2D eigenvalue weighted by molar-refractivity contribution is 7.22. The second kappa shape index (κ2) is 8.15. The summed E-state index contributed by atoms with van der Waals surface area (Å²) in [7, 11) is 0. The zero-order valence-electron chi connectivity index (χ0n) is 14.8. The molecule has 0 spiro atoms. The van der Waals surface area contributed by atoms with Gasteiger partial charge < -0.3 is 15.5 Å². The van der Waals surface area contributed by atoms with Crippen molar-refractivity contribution in [3.63, 3.8) is 0 Å². The van der Waals surface area contributed by atoms with Gasteiger partial charge in [-0.25, -0.2) is 9.78 Å². The van der Waals surface area contributed by atoms with E-state index in [0.717, 1.165) is 36.6 Å². The molecule has 0 bridgehead atoms. The van der Waals surface area contributed by atoms with Crippen molar-refractivity contribution in [1.29, 1.82) is 0 Å². The fraction of sp³-hybridized carbons (Fsp3) is 0.300. The molecule has 2 amide bonds. The highest BCUT2D eigenvalue weighted by atomic mass is 35.5. The number of anilines is 2. The summed E-state index contributed by atoms with van der Waals surface area (Å²) in [6.45, 7) is 2.63. The summed E-state index contributed by atoms with van der Waals surface area (Å²) in [5.41, 5.74) is 1.77. The predicted octanol–water partition coefficient (Wildman–Crippen LogP) is 4.99. The van der Waals surface area contributed by atoms with E-state index in [1.54, 1.807) is 23.5 Å². The van der Waals surface area contributed by atoms with Crippen LogP contribution in [0.2, 0.25) is 5.02 Å². The first-order valence-corrected chi connectivity index (χ1v) is 10.3. The van der Waals surface area contributed by atoms with Gasteiger partial charge in [-0.2, -0.15) is 0 Å². The topological polar surface area (TPSA) is 57.3 Å². The van der Waals surface area contributed by atoms with Crippen LogP contribution in [0.25, 0.3) is 10.2 Å². The molecule has 0 unspecified atom stereocenters.